The van der Waals surface area contributed by atoms with Crippen molar-refractivity contribution < 1.29 is 9.21 Å². The third-order valence-electron chi connectivity index (χ3n) is 2.89. The number of amides is 1. The van der Waals surface area contributed by atoms with Gasteiger partial charge in [-0.1, -0.05) is 16.7 Å². The number of anilines is 1. The van der Waals surface area contributed by atoms with E-state index in [-0.39, 0.29) is 18.0 Å². The van der Waals surface area contributed by atoms with Gasteiger partial charge in [0.1, 0.15) is 0 Å². The van der Waals surface area contributed by atoms with Crippen molar-refractivity contribution in [2.75, 3.05) is 11.4 Å². The molecule has 6 nitrogen and oxygen atoms in total. The zero-order chi connectivity index (χ0) is 13.4. The van der Waals surface area contributed by atoms with E-state index in [1.165, 1.54) is 4.90 Å². The molecule has 0 saturated carbocycles. The van der Waals surface area contributed by atoms with Crippen molar-refractivity contribution in [3.63, 3.8) is 0 Å². The van der Waals surface area contributed by atoms with Gasteiger partial charge >= 0.3 is 6.01 Å². The Balaban J connectivity index is 1.87. The molecule has 2 heterocycles. The van der Waals surface area contributed by atoms with E-state index in [0.29, 0.717) is 23.9 Å². The summed E-state index contributed by atoms with van der Waals surface area (Å²) in [6, 6.07) is 7.02. The monoisotopic (exact) mass is 278 g/mol. The van der Waals surface area contributed by atoms with Crippen LogP contribution in [0.4, 0.5) is 6.01 Å². The van der Waals surface area contributed by atoms with Gasteiger partial charge in [-0.2, -0.15) is 0 Å². The van der Waals surface area contributed by atoms with Crippen LogP contribution in [0.5, 0.6) is 0 Å². The lowest BCUT2D eigenvalue weighted by molar-refractivity contribution is -0.117. The third kappa shape index (κ3) is 2.32. The zero-order valence-electron chi connectivity index (χ0n) is 9.91. The quantitative estimate of drug-likeness (QED) is 0.899. The maximum Gasteiger partial charge on any atom is 0.325 e. The highest BCUT2D eigenvalue weighted by atomic mass is 35.5. The predicted octanol–water partition coefficient (Wildman–Crippen LogP) is 1.45. The van der Waals surface area contributed by atoms with Gasteiger partial charge in [0.25, 0.3) is 0 Å². The highest BCUT2D eigenvalue weighted by Gasteiger charge is 2.31. The molecule has 1 aromatic carbocycles. The molecule has 1 atom stereocenters. The van der Waals surface area contributed by atoms with Crippen molar-refractivity contribution in [1.82, 2.24) is 10.2 Å². The second kappa shape index (κ2) is 4.64. The molecular formula is C12H11ClN4O2. The lowest BCUT2D eigenvalue weighted by Gasteiger charge is -2.08. The van der Waals surface area contributed by atoms with Crippen LogP contribution in [0.25, 0.3) is 11.5 Å². The Bertz CT molecular complexity index is 610. The first-order valence-electron chi connectivity index (χ1n) is 5.79. The Morgan fingerprint density at radius 1 is 1.32 bits per heavy atom. The van der Waals surface area contributed by atoms with Crippen molar-refractivity contribution in [3.8, 4) is 11.5 Å². The third-order valence-corrected chi connectivity index (χ3v) is 3.14. The van der Waals surface area contributed by atoms with Crippen LogP contribution < -0.4 is 10.6 Å². The number of hydrogen-bond acceptors (Lipinski definition) is 5. The molecule has 1 aromatic heterocycles. The lowest BCUT2D eigenvalue weighted by atomic mass is 10.2. The van der Waals surface area contributed by atoms with Gasteiger partial charge in [-0.15, -0.1) is 5.10 Å². The van der Waals surface area contributed by atoms with Crippen molar-refractivity contribution in [2.24, 2.45) is 5.73 Å². The Hall–Kier alpha value is -1.92. The van der Waals surface area contributed by atoms with Gasteiger partial charge in [-0.25, -0.2) is 0 Å². The molecule has 0 radical (unpaired) electrons. The van der Waals surface area contributed by atoms with E-state index in [1.54, 1.807) is 24.3 Å². The molecule has 1 aliphatic heterocycles. The molecule has 2 N–H and O–H groups in total. The van der Waals surface area contributed by atoms with E-state index >= 15 is 0 Å². The fraction of sp³-hybridized carbons (Fsp3) is 0.250. The summed E-state index contributed by atoms with van der Waals surface area (Å²) in [6.45, 7) is 0.404. The number of halogens is 1. The minimum atomic E-state index is -0.182. The number of carbonyl (C=O) groups is 1. The minimum absolute atomic E-state index is 0.0983. The molecule has 2 aromatic rings. The first-order chi connectivity index (χ1) is 9.13. The number of hydrogen-bond donors (Lipinski definition) is 1. The summed E-state index contributed by atoms with van der Waals surface area (Å²) < 4.78 is 5.50. The Morgan fingerprint density at radius 2 is 2.05 bits per heavy atom. The van der Waals surface area contributed by atoms with Gasteiger partial charge in [-0.05, 0) is 24.3 Å². The van der Waals surface area contributed by atoms with Gasteiger partial charge in [0.05, 0.1) is 0 Å². The van der Waals surface area contributed by atoms with Crippen LogP contribution in [0.3, 0.4) is 0 Å². The van der Waals surface area contributed by atoms with Crippen LogP contribution in [-0.2, 0) is 4.79 Å². The van der Waals surface area contributed by atoms with Crippen molar-refractivity contribution in [1.29, 1.82) is 0 Å². The smallest absolute Gasteiger partial charge is 0.325 e. The average molecular weight is 279 g/mol. The number of nitrogens with zero attached hydrogens (tertiary/aromatic N) is 3. The molecule has 1 aliphatic rings. The largest absolute Gasteiger partial charge is 0.403 e. The van der Waals surface area contributed by atoms with E-state index in [9.17, 15) is 4.79 Å². The maximum atomic E-state index is 11.7. The average Bonchev–Trinajstić information content (AvgIpc) is 2.97. The molecular weight excluding hydrogens is 268 g/mol. The summed E-state index contributed by atoms with van der Waals surface area (Å²) in [5.41, 5.74) is 6.47. The molecule has 0 aliphatic carbocycles. The van der Waals surface area contributed by atoms with Gasteiger partial charge in [0, 0.05) is 29.6 Å². The van der Waals surface area contributed by atoms with Crippen LogP contribution in [0.2, 0.25) is 5.02 Å². The van der Waals surface area contributed by atoms with Crippen molar-refractivity contribution in [3.05, 3.63) is 29.3 Å². The summed E-state index contributed by atoms with van der Waals surface area (Å²) >= 11 is 5.81. The van der Waals surface area contributed by atoms with Crippen LogP contribution in [0, 0.1) is 0 Å². The predicted molar refractivity (Wildman–Crippen MR) is 69.7 cm³/mol. The van der Waals surface area contributed by atoms with E-state index in [4.69, 9.17) is 21.8 Å². The summed E-state index contributed by atoms with van der Waals surface area (Å²) in [6.07, 6.45) is 0.304. The van der Waals surface area contributed by atoms with Crippen molar-refractivity contribution >= 4 is 23.5 Å². The molecule has 0 bridgehead atoms. The van der Waals surface area contributed by atoms with E-state index in [1.807, 2.05) is 0 Å². The Morgan fingerprint density at radius 3 is 2.68 bits per heavy atom. The molecule has 19 heavy (non-hydrogen) atoms. The molecule has 0 spiro atoms. The molecule has 1 unspecified atom stereocenters. The number of nitrogens with two attached hydrogens (primary N) is 1. The van der Waals surface area contributed by atoms with Gasteiger partial charge in [0.15, 0.2) is 0 Å². The SMILES string of the molecule is NC1CC(=O)N(c2nnc(-c3ccc(Cl)cc3)o2)C1. The molecule has 1 fully saturated rings. The van der Waals surface area contributed by atoms with E-state index in [2.05, 4.69) is 10.2 Å². The summed E-state index contributed by atoms with van der Waals surface area (Å²) in [5.74, 6) is 0.249. The second-order valence-corrected chi connectivity index (χ2v) is 4.80. The molecule has 1 amide bonds. The molecule has 1 saturated heterocycles. The van der Waals surface area contributed by atoms with Crippen LogP contribution in [0.15, 0.2) is 28.7 Å². The van der Waals surface area contributed by atoms with E-state index < -0.39 is 0 Å². The summed E-state index contributed by atoms with van der Waals surface area (Å²) in [5, 5.41) is 8.44. The number of carbonyl (C=O) groups excluding carboxylic acids is 1. The molecule has 3 rings (SSSR count). The Kier molecular flexibility index (Phi) is 2.96. The van der Waals surface area contributed by atoms with Gasteiger partial charge < -0.3 is 10.2 Å². The maximum absolute atomic E-state index is 11.7. The van der Waals surface area contributed by atoms with Crippen LogP contribution in [0.1, 0.15) is 6.42 Å². The van der Waals surface area contributed by atoms with Gasteiger partial charge in [-0.3, -0.25) is 9.69 Å². The van der Waals surface area contributed by atoms with Crippen LogP contribution in [-0.4, -0.2) is 28.7 Å². The topological polar surface area (TPSA) is 85.3 Å². The highest BCUT2D eigenvalue weighted by molar-refractivity contribution is 6.30. The molecule has 98 valence electrons. The van der Waals surface area contributed by atoms with Gasteiger partial charge in [0.2, 0.25) is 11.8 Å². The van der Waals surface area contributed by atoms with E-state index in [0.717, 1.165) is 5.56 Å². The summed E-state index contributed by atoms with van der Waals surface area (Å²) in [7, 11) is 0. The highest BCUT2D eigenvalue weighted by Crippen LogP contribution is 2.25. The Labute approximate surface area is 114 Å². The molecule has 7 heteroatoms. The fourth-order valence-corrected chi connectivity index (χ4v) is 2.08. The minimum Gasteiger partial charge on any atom is -0.403 e. The fourth-order valence-electron chi connectivity index (χ4n) is 1.95. The number of rotatable bonds is 2. The second-order valence-electron chi connectivity index (χ2n) is 4.37. The zero-order valence-corrected chi connectivity index (χ0v) is 10.7. The first-order valence-corrected chi connectivity index (χ1v) is 6.16. The standard InChI is InChI=1S/C12H11ClN4O2/c13-8-3-1-7(2-4-8)11-15-16-12(19-11)17-6-9(14)5-10(17)18/h1-4,9H,5-6,14H2. The lowest BCUT2D eigenvalue weighted by Crippen LogP contribution is -2.28. The number of aromatic nitrogens is 2. The normalized spacial score (nSPS) is 19.2. The van der Waals surface area contributed by atoms with Crippen LogP contribution >= 0.6 is 11.6 Å². The van der Waals surface area contributed by atoms with Crippen molar-refractivity contribution in [2.45, 2.75) is 12.5 Å². The first kappa shape index (κ1) is 12.1. The number of benzene rings is 1. The summed E-state index contributed by atoms with van der Waals surface area (Å²) in [4.78, 5) is 13.1.